The predicted octanol–water partition coefficient (Wildman–Crippen LogP) is 2.96. The summed E-state index contributed by atoms with van der Waals surface area (Å²) in [6.07, 6.45) is 1.64. The van der Waals surface area contributed by atoms with Crippen LogP contribution in [0.1, 0.15) is 40.0 Å². The summed E-state index contributed by atoms with van der Waals surface area (Å²) >= 11 is 3.39. The molecule has 1 amide bonds. The largest absolute Gasteiger partial charge is 0.469 e. The van der Waals surface area contributed by atoms with Crippen molar-refractivity contribution in [3.05, 3.63) is 0 Å². The molecule has 0 atom stereocenters. The lowest BCUT2D eigenvalue weighted by Crippen LogP contribution is -2.48. The van der Waals surface area contributed by atoms with Crippen LogP contribution in [0.25, 0.3) is 0 Å². The zero-order valence-electron chi connectivity index (χ0n) is 12.7. The first-order valence-corrected chi connectivity index (χ1v) is 7.98. The molecule has 0 radical (unpaired) electrons. The van der Waals surface area contributed by atoms with Gasteiger partial charge < -0.3 is 14.4 Å². The number of carbonyl (C=O) groups is 2. The summed E-state index contributed by atoms with van der Waals surface area (Å²) in [4.78, 5) is 25.7. The van der Waals surface area contributed by atoms with Gasteiger partial charge in [0.15, 0.2) is 0 Å². The van der Waals surface area contributed by atoms with E-state index in [0.717, 1.165) is 11.8 Å². The molecule has 1 saturated heterocycles. The molecule has 0 spiro atoms. The van der Waals surface area contributed by atoms with Gasteiger partial charge in [0.1, 0.15) is 5.60 Å². The maximum atomic E-state index is 12.0. The van der Waals surface area contributed by atoms with Gasteiger partial charge in [-0.25, -0.2) is 4.79 Å². The molecular formula is C14H24BrNO4. The fraction of sp³-hybridized carbons (Fsp3) is 0.857. The molecule has 0 unspecified atom stereocenters. The van der Waals surface area contributed by atoms with Crippen LogP contribution < -0.4 is 0 Å². The van der Waals surface area contributed by atoms with E-state index in [1.165, 1.54) is 7.11 Å². The van der Waals surface area contributed by atoms with Crippen LogP contribution in [0.5, 0.6) is 0 Å². The van der Waals surface area contributed by atoms with Gasteiger partial charge in [0.2, 0.25) is 0 Å². The number of hydrogen-bond acceptors (Lipinski definition) is 4. The van der Waals surface area contributed by atoms with Crippen LogP contribution in [-0.4, -0.2) is 48.1 Å². The maximum absolute atomic E-state index is 12.0. The number of piperidine rings is 1. The van der Waals surface area contributed by atoms with Gasteiger partial charge in [0.05, 0.1) is 12.5 Å². The molecule has 0 saturated carbocycles. The molecule has 0 aromatic heterocycles. The first-order chi connectivity index (χ1) is 9.24. The number of carbonyl (C=O) groups excluding carboxylic acids is 2. The third-order valence-electron chi connectivity index (χ3n) is 3.56. The van der Waals surface area contributed by atoms with Crippen molar-refractivity contribution in [1.29, 1.82) is 0 Å². The zero-order valence-corrected chi connectivity index (χ0v) is 14.3. The second-order valence-corrected chi connectivity index (χ2v) is 6.97. The number of esters is 1. The van der Waals surface area contributed by atoms with Crippen LogP contribution >= 0.6 is 15.9 Å². The number of rotatable bonds is 3. The number of hydrogen-bond donors (Lipinski definition) is 0. The fourth-order valence-corrected chi connectivity index (χ4v) is 3.16. The van der Waals surface area contributed by atoms with E-state index in [4.69, 9.17) is 9.47 Å². The summed E-state index contributed by atoms with van der Waals surface area (Å²) in [6.45, 7) is 6.59. The van der Waals surface area contributed by atoms with Crippen molar-refractivity contribution in [2.45, 2.75) is 45.6 Å². The molecule has 116 valence electrons. The van der Waals surface area contributed by atoms with E-state index in [1.54, 1.807) is 4.90 Å². The van der Waals surface area contributed by atoms with Crippen LogP contribution in [-0.2, 0) is 14.3 Å². The second kappa shape index (κ2) is 6.78. The molecular weight excluding hydrogens is 326 g/mol. The molecule has 0 N–H and O–H groups in total. The Hall–Kier alpha value is -0.780. The SMILES string of the molecule is COC(=O)C1(CCBr)CCN(C(=O)OC(C)(C)C)CC1. The van der Waals surface area contributed by atoms with Gasteiger partial charge in [0.25, 0.3) is 0 Å². The van der Waals surface area contributed by atoms with Crippen molar-refractivity contribution in [2.75, 3.05) is 25.5 Å². The summed E-state index contributed by atoms with van der Waals surface area (Å²) in [5, 5.41) is 0.745. The highest BCUT2D eigenvalue weighted by Gasteiger charge is 2.43. The Bertz CT molecular complexity index is 357. The first-order valence-electron chi connectivity index (χ1n) is 6.86. The maximum Gasteiger partial charge on any atom is 0.410 e. The molecule has 0 aliphatic carbocycles. The third kappa shape index (κ3) is 4.36. The second-order valence-electron chi connectivity index (χ2n) is 6.18. The molecule has 1 aliphatic rings. The highest BCUT2D eigenvalue weighted by molar-refractivity contribution is 9.09. The lowest BCUT2D eigenvalue weighted by atomic mass is 9.76. The van der Waals surface area contributed by atoms with Gasteiger partial charge >= 0.3 is 12.1 Å². The Morgan fingerprint density at radius 2 is 1.80 bits per heavy atom. The van der Waals surface area contributed by atoms with Gasteiger partial charge in [-0.15, -0.1) is 0 Å². The number of nitrogens with zero attached hydrogens (tertiary/aromatic N) is 1. The monoisotopic (exact) mass is 349 g/mol. The van der Waals surface area contributed by atoms with Crippen molar-refractivity contribution in [1.82, 2.24) is 4.90 Å². The Morgan fingerprint density at radius 3 is 2.20 bits per heavy atom. The lowest BCUT2D eigenvalue weighted by Gasteiger charge is -2.39. The summed E-state index contributed by atoms with van der Waals surface area (Å²) in [5.41, 5.74) is -0.972. The van der Waals surface area contributed by atoms with Crippen molar-refractivity contribution >= 4 is 28.0 Å². The van der Waals surface area contributed by atoms with Crippen LogP contribution in [0.15, 0.2) is 0 Å². The third-order valence-corrected chi connectivity index (χ3v) is 3.96. The normalized spacial score (nSPS) is 18.6. The molecule has 1 rings (SSSR count). The van der Waals surface area contributed by atoms with E-state index in [0.29, 0.717) is 25.9 Å². The van der Waals surface area contributed by atoms with E-state index in [1.807, 2.05) is 20.8 Å². The van der Waals surface area contributed by atoms with E-state index in [9.17, 15) is 9.59 Å². The van der Waals surface area contributed by atoms with E-state index in [-0.39, 0.29) is 12.1 Å². The summed E-state index contributed by atoms with van der Waals surface area (Å²) in [7, 11) is 1.42. The van der Waals surface area contributed by atoms with Crippen LogP contribution in [0.4, 0.5) is 4.79 Å². The Labute approximate surface area is 129 Å². The van der Waals surface area contributed by atoms with Crippen molar-refractivity contribution in [3.63, 3.8) is 0 Å². The lowest BCUT2D eigenvalue weighted by molar-refractivity contribution is -0.156. The first kappa shape index (κ1) is 17.3. The van der Waals surface area contributed by atoms with Gasteiger partial charge in [0, 0.05) is 18.4 Å². The highest BCUT2D eigenvalue weighted by Crippen LogP contribution is 2.37. The Kier molecular flexibility index (Phi) is 5.86. The van der Waals surface area contributed by atoms with Crippen LogP contribution in [0.2, 0.25) is 0 Å². The standard InChI is InChI=1S/C14H24BrNO4/c1-13(2,3)20-12(18)16-9-6-14(5-8-15,7-10-16)11(17)19-4/h5-10H2,1-4H3. The molecule has 1 aliphatic heterocycles. The van der Waals surface area contributed by atoms with Gasteiger partial charge in [-0.1, -0.05) is 15.9 Å². The quantitative estimate of drug-likeness (QED) is 0.580. The van der Waals surface area contributed by atoms with Gasteiger partial charge in [-0.2, -0.15) is 0 Å². The Balaban J connectivity index is 2.65. The van der Waals surface area contributed by atoms with Crippen molar-refractivity contribution in [2.24, 2.45) is 5.41 Å². The number of methoxy groups -OCH3 is 1. The van der Waals surface area contributed by atoms with Crippen molar-refractivity contribution in [3.8, 4) is 0 Å². The minimum atomic E-state index is -0.496. The average Bonchev–Trinajstić information content (AvgIpc) is 2.36. The predicted molar refractivity (Wildman–Crippen MR) is 79.9 cm³/mol. The molecule has 0 aromatic carbocycles. The van der Waals surface area contributed by atoms with Gasteiger partial charge in [-0.05, 0) is 40.0 Å². The minimum Gasteiger partial charge on any atom is -0.469 e. The zero-order chi connectivity index (χ0) is 15.4. The summed E-state index contributed by atoms with van der Waals surface area (Å²) in [5.74, 6) is -0.180. The number of alkyl halides is 1. The van der Waals surface area contributed by atoms with Gasteiger partial charge in [-0.3, -0.25) is 4.79 Å². The Morgan fingerprint density at radius 1 is 1.25 bits per heavy atom. The molecule has 1 heterocycles. The number of ether oxygens (including phenoxy) is 2. The summed E-state index contributed by atoms with van der Waals surface area (Å²) < 4.78 is 10.3. The molecule has 5 nitrogen and oxygen atoms in total. The topological polar surface area (TPSA) is 55.8 Å². The molecule has 6 heteroatoms. The molecule has 0 bridgehead atoms. The molecule has 20 heavy (non-hydrogen) atoms. The molecule has 0 aromatic rings. The highest BCUT2D eigenvalue weighted by atomic mass is 79.9. The van der Waals surface area contributed by atoms with E-state index in [2.05, 4.69) is 15.9 Å². The van der Waals surface area contributed by atoms with E-state index < -0.39 is 11.0 Å². The summed E-state index contributed by atoms with van der Waals surface area (Å²) in [6, 6.07) is 0. The number of halogens is 1. The molecule has 1 fully saturated rings. The minimum absolute atomic E-state index is 0.180. The van der Waals surface area contributed by atoms with Crippen LogP contribution in [0, 0.1) is 5.41 Å². The smallest absolute Gasteiger partial charge is 0.410 e. The van der Waals surface area contributed by atoms with E-state index >= 15 is 0 Å². The van der Waals surface area contributed by atoms with Crippen molar-refractivity contribution < 1.29 is 19.1 Å². The number of amides is 1. The fourth-order valence-electron chi connectivity index (χ4n) is 2.40. The average molecular weight is 350 g/mol. The van der Waals surface area contributed by atoms with Crippen LogP contribution in [0.3, 0.4) is 0 Å². The number of likely N-dealkylation sites (tertiary alicyclic amines) is 1.